The van der Waals surface area contributed by atoms with E-state index in [1.54, 1.807) is 7.11 Å². The molecule has 1 heterocycles. The topological polar surface area (TPSA) is 39.1 Å². The molecule has 1 aliphatic rings. The van der Waals surface area contributed by atoms with E-state index in [0.29, 0.717) is 11.5 Å². The van der Waals surface area contributed by atoms with E-state index in [1.807, 2.05) is 12.5 Å². The highest BCUT2D eigenvalue weighted by Crippen LogP contribution is 2.41. The fraction of sp³-hybridized carbons (Fsp3) is 0.800. The van der Waals surface area contributed by atoms with E-state index in [1.165, 1.54) is 31.4 Å². The zero-order valence-corrected chi connectivity index (χ0v) is 12.5. The minimum Gasteiger partial charge on any atom is -0.383 e. The average molecular weight is 265 g/mol. The molecule has 1 saturated carbocycles. The van der Waals surface area contributed by atoms with Crippen LogP contribution >= 0.6 is 0 Å². The number of nitrogens with zero attached hydrogens (tertiary/aromatic N) is 2. The summed E-state index contributed by atoms with van der Waals surface area (Å²) in [6.07, 6.45) is 9.20. The molecule has 0 amide bonds. The molecular formula is C15H27N3O. The van der Waals surface area contributed by atoms with Crippen molar-refractivity contribution in [1.29, 1.82) is 0 Å². The van der Waals surface area contributed by atoms with Gasteiger partial charge in [-0.15, -0.1) is 0 Å². The van der Waals surface area contributed by atoms with Gasteiger partial charge in [-0.25, -0.2) is 4.98 Å². The van der Waals surface area contributed by atoms with Gasteiger partial charge in [-0.1, -0.05) is 20.3 Å². The summed E-state index contributed by atoms with van der Waals surface area (Å²) >= 11 is 0. The smallest absolute Gasteiger partial charge is 0.0951 e. The van der Waals surface area contributed by atoms with E-state index in [9.17, 15) is 0 Å². The first kappa shape index (κ1) is 14.5. The van der Waals surface area contributed by atoms with Gasteiger partial charge in [-0.3, -0.25) is 0 Å². The lowest BCUT2D eigenvalue weighted by Crippen LogP contribution is -2.27. The monoisotopic (exact) mass is 265 g/mol. The van der Waals surface area contributed by atoms with Crippen molar-refractivity contribution in [1.82, 2.24) is 14.9 Å². The van der Waals surface area contributed by atoms with Gasteiger partial charge in [0.05, 0.1) is 18.6 Å². The lowest BCUT2D eigenvalue weighted by Gasteiger charge is -2.36. The predicted octanol–water partition coefficient (Wildman–Crippen LogP) is 2.76. The van der Waals surface area contributed by atoms with E-state index >= 15 is 0 Å². The summed E-state index contributed by atoms with van der Waals surface area (Å²) in [4.78, 5) is 4.34. The summed E-state index contributed by atoms with van der Waals surface area (Å²) < 4.78 is 7.43. The normalized spacial score (nSPS) is 22.6. The van der Waals surface area contributed by atoms with Gasteiger partial charge in [-0.2, -0.15) is 0 Å². The number of hydrogen-bond donors (Lipinski definition) is 1. The molecule has 19 heavy (non-hydrogen) atoms. The Kier molecular flexibility index (Phi) is 4.99. The molecule has 4 nitrogen and oxygen atoms in total. The number of nitrogens with one attached hydrogen (secondary N) is 1. The second kappa shape index (κ2) is 6.53. The maximum Gasteiger partial charge on any atom is 0.0951 e. The summed E-state index contributed by atoms with van der Waals surface area (Å²) in [5.41, 5.74) is 1.76. The number of imidazole rings is 1. The molecule has 0 bridgehead atoms. The molecule has 4 heteroatoms. The molecule has 1 aliphatic carbocycles. The van der Waals surface area contributed by atoms with Crippen LogP contribution in [0.3, 0.4) is 0 Å². The molecule has 1 N–H and O–H groups in total. The van der Waals surface area contributed by atoms with Crippen LogP contribution < -0.4 is 5.32 Å². The average Bonchev–Trinajstić information content (AvgIpc) is 2.82. The maximum atomic E-state index is 5.05. The van der Waals surface area contributed by atoms with Crippen molar-refractivity contribution >= 4 is 0 Å². The zero-order chi connectivity index (χ0) is 13.7. The number of hydrogen-bond acceptors (Lipinski definition) is 3. The van der Waals surface area contributed by atoms with Gasteiger partial charge in [0.25, 0.3) is 0 Å². The van der Waals surface area contributed by atoms with Crippen molar-refractivity contribution in [3.05, 3.63) is 18.2 Å². The predicted molar refractivity (Wildman–Crippen MR) is 77.1 cm³/mol. The first-order valence-corrected chi connectivity index (χ1v) is 7.33. The van der Waals surface area contributed by atoms with Crippen LogP contribution in [0, 0.1) is 5.41 Å². The van der Waals surface area contributed by atoms with Gasteiger partial charge in [0.1, 0.15) is 0 Å². The Hall–Kier alpha value is -0.870. The van der Waals surface area contributed by atoms with Crippen molar-refractivity contribution in [2.75, 3.05) is 20.3 Å². The van der Waals surface area contributed by atoms with Crippen LogP contribution in [0.2, 0.25) is 0 Å². The second-order valence-corrected chi connectivity index (χ2v) is 6.38. The molecule has 1 aromatic heterocycles. The Balaban J connectivity index is 1.94. The fourth-order valence-corrected chi connectivity index (χ4v) is 3.08. The van der Waals surface area contributed by atoms with Crippen molar-refractivity contribution in [2.24, 2.45) is 5.41 Å². The van der Waals surface area contributed by atoms with Crippen LogP contribution in [-0.2, 0) is 11.3 Å². The summed E-state index contributed by atoms with van der Waals surface area (Å²) in [7, 11) is 1.73. The van der Waals surface area contributed by atoms with E-state index in [4.69, 9.17) is 4.74 Å². The molecule has 0 aliphatic heterocycles. The Morgan fingerprint density at radius 3 is 3.11 bits per heavy atom. The minimum absolute atomic E-state index is 0.466. The molecule has 0 aromatic carbocycles. The van der Waals surface area contributed by atoms with Crippen LogP contribution in [-0.4, -0.2) is 29.8 Å². The molecule has 2 rings (SSSR count). The SMILES string of the molecule is COCCNCc1cncn1C1CCCC(C)(C)C1. The van der Waals surface area contributed by atoms with Crippen LogP contribution in [0.5, 0.6) is 0 Å². The van der Waals surface area contributed by atoms with Crippen molar-refractivity contribution < 1.29 is 4.74 Å². The Labute approximate surface area is 116 Å². The number of methoxy groups -OCH3 is 1. The van der Waals surface area contributed by atoms with Crippen molar-refractivity contribution in [3.8, 4) is 0 Å². The third-order valence-corrected chi connectivity index (χ3v) is 4.11. The summed E-state index contributed by atoms with van der Waals surface area (Å²) in [6, 6.07) is 0.616. The number of aromatic nitrogens is 2. The molecule has 1 aromatic rings. The van der Waals surface area contributed by atoms with E-state index in [2.05, 4.69) is 28.7 Å². The van der Waals surface area contributed by atoms with Gasteiger partial charge in [0, 0.05) is 32.4 Å². The highest BCUT2D eigenvalue weighted by atomic mass is 16.5. The summed E-state index contributed by atoms with van der Waals surface area (Å²) in [5.74, 6) is 0. The molecular weight excluding hydrogens is 238 g/mol. The molecule has 0 spiro atoms. The second-order valence-electron chi connectivity index (χ2n) is 6.38. The molecule has 1 unspecified atom stereocenters. The first-order chi connectivity index (χ1) is 9.12. The van der Waals surface area contributed by atoms with Crippen molar-refractivity contribution in [3.63, 3.8) is 0 Å². The van der Waals surface area contributed by atoms with Crippen LogP contribution in [0.1, 0.15) is 51.3 Å². The highest BCUT2D eigenvalue weighted by Gasteiger charge is 2.29. The lowest BCUT2D eigenvalue weighted by atomic mass is 9.75. The van der Waals surface area contributed by atoms with E-state index in [0.717, 1.165) is 19.7 Å². The van der Waals surface area contributed by atoms with Gasteiger partial charge in [0.15, 0.2) is 0 Å². The quantitative estimate of drug-likeness (QED) is 0.804. The van der Waals surface area contributed by atoms with Crippen LogP contribution in [0.25, 0.3) is 0 Å². The molecule has 1 fully saturated rings. The number of rotatable bonds is 6. The van der Waals surface area contributed by atoms with E-state index in [-0.39, 0.29) is 0 Å². The largest absolute Gasteiger partial charge is 0.383 e. The van der Waals surface area contributed by atoms with Crippen LogP contribution in [0.4, 0.5) is 0 Å². The summed E-state index contributed by atoms with van der Waals surface area (Å²) in [5, 5.41) is 3.40. The Bertz CT molecular complexity index is 386. The molecule has 0 radical (unpaired) electrons. The standard InChI is InChI=1S/C15H27N3O/c1-15(2)6-4-5-13(9-15)18-12-17-11-14(18)10-16-7-8-19-3/h11-13,16H,4-10H2,1-3H3. The maximum absolute atomic E-state index is 5.05. The van der Waals surface area contributed by atoms with Crippen LogP contribution in [0.15, 0.2) is 12.5 Å². The van der Waals surface area contributed by atoms with Crippen molar-refractivity contribution in [2.45, 2.75) is 52.1 Å². The van der Waals surface area contributed by atoms with Gasteiger partial charge in [-0.05, 0) is 24.7 Å². The zero-order valence-electron chi connectivity index (χ0n) is 12.5. The van der Waals surface area contributed by atoms with Gasteiger partial charge >= 0.3 is 0 Å². The number of ether oxygens (including phenoxy) is 1. The lowest BCUT2D eigenvalue weighted by molar-refractivity contribution is 0.180. The molecule has 108 valence electrons. The van der Waals surface area contributed by atoms with E-state index < -0.39 is 0 Å². The molecule has 1 atom stereocenters. The molecule has 0 saturated heterocycles. The third kappa shape index (κ3) is 4.05. The highest BCUT2D eigenvalue weighted by molar-refractivity contribution is 5.01. The van der Waals surface area contributed by atoms with Gasteiger partial charge in [0.2, 0.25) is 0 Å². The first-order valence-electron chi connectivity index (χ1n) is 7.33. The Morgan fingerprint density at radius 2 is 2.37 bits per heavy atom. The van der Waals surface area contributed by atoms with Gasteiger partial charge < -0.3 is 14.6 Å². The minimum atomic E-state index is 0.466. The summed E-state index contributed by atoms with van der Waals surface area (Å²) in [6.45, 7) is 7.28. The fourth-order valence-electron chi connectivity index (χ4n) is 3.08. The Morgan fingerprint density at radius 1 is 1.53 bits per heavy atom. The third-order valence-electron chi connectivity index (χ3n) is 4.11.